The molecule has 0 saturated carbocycles. The molecule has 23 heavy (non-hydrogen) atoms. The van der Waals surface area contributed by atoms with Crippen molar-refractivity contribution in [2.75, 3.05) is 26.3 Å². The molecule has 1 atom stereocenters. The minimum Gasteiger partial charge on any atom is -0.492 e. The lowest BCUT2D eigenvalue weighted by molar-refractivity contribution is -0.137. The van der Waals surface area contributed by atoms with Crippen LogP contribution in [0.5, 0.6) is 5.75 Å². The average molecular weight is 332 g/mol. The third-order valence-corrected chi connectivity index (χ3v) is 3.68. The van der Waals surface area contributed by atoms with Gasteiger partial charge in [-0.2, -0.15) is 13.2 Å². The predicted octanol–water partition coefficient (Wildman–Crippen LogP) is 2.25. The number of halogens is 3. The Morgan fingerprint density at radius 1 is 1.35 bits per heavy atom. The molecular weight excluding hydrogens is 313 g/mol. The molecule has 0 radical (unpaired) electrons. The number of likely N-dealkylation sites (tertiary alicyclic amines) is 1. The van der Waals surface area contributed by atoms with E-state index in [4.69, 9.17) is 9.84 Å². The van der Waals surface area contributed by atoms with Crippen LogP contribution in [0.15, 0.2) is 24.3 Å². The van der Waals surface area contributed by atoms with Crippen molar-refractivity contribution in [3.63, 3.8) is 0 Å². The number of amides is 2. The first-order valence-corrected chi connectivity index (χ1v) is 7.37. The smallest absolute Gasteiger partial charge is 0.416 e. The van der Waals surface area contributed by atoms with Crippen LogP contribution < -0.4 is 10.1 Å². The molecule has 128 valence electrons. The van der Waals surface area contributed by atoms with Gasteiger partial charge in [0.05, 0.1) is 24.8 Å². The molecule has 1 aromatic rings. The van der Waals surface area contributed by atoms with E-state index in [2.05, 4.69) is 5.32 Å². The Kier molecular flexibility index (Phi) is 5.70. The molecule has 2 rings (SSSR count). The van der Waals surface area contributed by atoms with E-state index < -0.39 is 11.7 Å². The van der Waals surface area contributed by atoms with Gasteiger partial charge in [0.25, 0.3) is 0 Å². The lowest BCUT2D eigenvalue weighted by Gasteiger charge is -2.23. The van der Waals surface area contributed by atoms with Crippen molar-refractivity contribution >= 4 is 6.03 Å². The zero-order valence-corrected chi connectivity index (χ0v) is 12.5. The SMILES string of the molecule is O=C(NCCOc1ccc(C(F)(F)F)cc1)N1CCCC1CO. The number of hydrogen-bond acceptors (Lipinski definition) is 3. The first-order valence-electron chi connectivity index (χ1n) is 7.37. The second-order valence-corrected chi connectivity index (χ2v) is 5.27. The zero-order valence-electron chi connectivity index (χ0n) is 12.5. The van der Waals surface area contributed by atoms with Gasteiger partial charge in [-0.1, -0.05) is 0 Å². The normalized spacial score (nSPS) is 18.1. The molecule has 1 saturated heterocycles. The van der Waals surface area contributed by atoms with Crippen LogP contribution in [0.2, 0.25) is 0 Å². The Balaban J connectivity index is 1.72. The molecular formula is C15H19F3N2O3. The van der Waals surface area contributed by atoms with Crippen molar-refractivity contribution in [3.8, 4) is 5.75 Å². The molecule has 1 heterocycles. The minimum atomic E-state index is -4.37. The van der Waals surface area contributed by atoms with Crippen molar-refractivity contribution in [1.82, 2.24) is 10.2 Å². The molecule has 0 aliphatic carbocycles. The van der Waals surface area contributed by atoms with Crippen molar-refractivity contribution in [2.45, 2.75) is 25.1 Å². The fourth-order valence-electron chi connectivity index (χ4n) is 2.46. The molecule has 5 nitrogen and oxygen atoms in total. The molecule has 1 aromatic carbocycles. The van der Waals surface area contributed by atoms with E-state index in [-0.39, 0.29) is 31.8 Å². The highest BCUT2D eigenvalue weighted by Crippen LogP contribution is 2.30. The quantitative estimate of drug-likeness (QED) is 0.813. The van der Waals surface area contributed by atoms with Gasteiger partial charge in [-0.25, -0.2) is 4.79 Å². The maximum Gasteiger partial charge on any atom is 0.416 e. The van der Waals surface area contributed by atoms with Crippen molar-refractivity contribution in [3.05, 3.63) is 29.8 Å². The molecule has 2 amide bonds. The molecule has 8 heteroatoms. The number of hydrogen-bond donors (Lipinski definition) is 2. The predicted molar refractivity (Wildman–Crippen MR) is 77.2 cm³/mol. The highest BCUT2D eigenvalue weighted by Gasteiger charge is 2.30. The lowest BCUT2D eigenvalue weighted by atomic mass is 10.2. The van der Waals surface area contributed by atoms with E-state index in [0.717, 1.165) is 25.0 Å². The van der Waals surface area contributed by atoms with Crippen molar-refractivity contribution in [2.24, 2.45) is 0 Å². The monoisotopic (exact) mass is 332 g/mol. The number of carbonyl (C=O) groups is 1. The van der Waals surface area contributed by atoms with Crippen molar-refractivity contribution in [1.29, 1.82) is 0 Å². The van der Waals surface area contributed by atoms with E-state index in [1.807, 2.05) is 0 Å². The van der Waals surface area contributed by atoms with Crippen LogP contribution in [0.1, 0.15) is 18.4 Å². The summed E-state index contributed by atoms with van der Waals surface area (Å²) in [5.41, 5.74) is -0.734. The molecule has 1 unspecified atom stereocenters. The Hall–Kier alpha value is -1.96. The van der Waals surface area contributed by atoms with E-state index in [1.54, 1.807) is 4.90 Å². The van der Waals surface area contributed by atoms with Gasteiger partial charge < -0.3 is 20.1 Å². The maximum atomic E-state index is 12.4. The molecule has 0 bridgehead atoms. The Morgan fingerprint density at radius 3 is 2.65 bits per heavy atom. The van der Waals surface area contributed by atoms with E-state index >= 15 is 0 Å². The van der Waals surface area contributed by atoms with Gasteiger partial charge in [-0.3, -0.25) is 0 Å². The summed E-state index contributed by atoms with van der Waals surface area (Å²) in [6.07, 6.45) is -2.72. The number of alkyl halides is 3. The number of nitrogens with one attached hydrogen (secondary N) is 1. The van der Waals surface area contributed by atoms with Gasteiger partial charge in [0.2, 0.25) is 0 Å². The molecule has 1 aliphatic rings. The first kappa shape index (κ1) is 17.4. The number of carbonyl (C=O) groups excluding carboxylic acids is 1. The number of urea groups is 1. The van der Waals surface area contributed by atoms with Crippen LogP contribution in [0, 0.1) is 0 Å². The maximum absolute atomic E-state index is 12.4. The summed E-state index contributed by atoms with van der Waals surface area (Å²) in [6, 6.07) is 3.97. The van der Waals surface area contributed by atoms with E-state index in [9.17, 15) is 18.0 Å². The van der Waals surface area contributed by atoms with Crippen LogP contribution in [0.25, 0.3) is 0 Å². The summed E-state index contributed by atoms with van der Waals surface area (Å²) in [6.45, 7) is 0.926. The molecule has 1 fully saturated rings. The zero-order chi connectivity index (χ0) is 16.9. The molecule has 1 aliphatic heterocycles. The molecule has 0 spiro atoms. The second-order valence-electron chi connectivity index (χ2n) is 5.27. The summed E-state index contributed by atoms with van der Waals surface area (Å²) >= 11 is 0. The van der Waals surface area contributed by atoms with Gasteiger partial charge in [0.15, 0.2) is 0 Å². The first-order chi connectivity index (χ1) is 10.9. The minimum absolute atomic E-state index is 0.0600. The topological polar surface area (TPSA) is 61.8 Å². The summed E-state index contributed by atoms with van der Waals surface area (Å²) in [4.78, 5) is 13.5. The van der Waals surface area contributed by atoms with E-state index in [0.29, 0.717) is 12.3 Å². The number of aliphatic hydroxyl groups excluding tert-OH is 1. The summed E-state index contributed by atoms with van der Waals surface area (Å²) in [5, 5.41) is 11.8. The Labute approximate surface area is 132 Å². The van der Waals surface area contributed by atoms with Gasteiger partial charge in [0, 0.05) is 6.54 Å². The van der Waals surface area contributed by atoms with Crippen LogP contribution >= 0.6 is 0 Å². The number of nitrogens with zero attached hydrogens (tertiary/aromatic N) is 1. The van der Waals surface area contributed by atoms with E-state index in [1.165, 1.54) is 12.1 Å². The Bertz CT molecular complexity index is 520. The number of aliphatic hydroxyl groups is 1. The lowest BCUT2D eigenvalue weighted by Crippen LogP contribution is -2.45. The number of ether oxygens (including phenoxy) is 1. The van der Waals surface area contributed by atoms with Gasteiger partial charge >= 0.3 is 12.2 Å². The second kappa shape index (κ2) is 7.54. The van der Waals surface area contributed by atoms with Gasteiger partial charge in [-0.15, -0.1) is 0 Å². The summed E-state index contributed by atoms with van der Waals surface area (Å²) in [5.74, 6) is 0.307. The van der Waals surface area contributed by atoms with Crippen LogP contribution in [-0.4, -0.2) is 48.4 Å². The molecule has 2 N–H and O–H groups in total. The molecule has 0 aromatic heterocycles. The van der Waals surface area contributed by atoms with Gasteiger partial charge in [0.1, 0.15) is 12.4 Å². The highest BCUT2D eigenvalue weighted by atomic mass is 19.4. The standard InChI is InChI=1S/C15H19F3N2O3/c16-15(17,18)11-3-5-13(6-4-11)23-9-7-19-14(22)20-8-1-2-12(20)10-21/h3-6,12,21H,1-2,7-10H2,(H,19,22). The van der Waals surface area contributed by atoms with Crippen LogP contribution in [0.4, 0.5) is 18.0 Å². The fraction of sp³-hybridized carbons (Fsp3) is 0.533. The van der Waals surface area contributed by atoms with Gasteiger partial charge in [-0.05, 0) is 37.1 Å². The number of rotatable bonds is 5. The fourth-order valence-corrected chi connectivity index (χ4v) is 2.46. The van der Waals surface area contributed by atoms with Crippen LogP contribution in [-0.2, 0) is 6.18 Å². The van der Waals surface area contributed by atoms with Crippen LogP contribution in [0.3, 0.4) is 0 Å². The van der Waals surface area contributed by atoms with Crippen molar-refractivity contribution < 1.29 is 27.8 Å². The highest BCUT2D eigenvalue weighted by molar-refractivity contribution is 5.74. The third kappa shape index (κ3) is 4.75. The third-order valence-electron chi connectivity index (χ3n) is 3.68. The summed E-state index contributed by atoms with van der Waals surface area (Å²) in [7, 11) is 0. The number of benzene rings is 1. The largest absolute Gasteiger partial charge is 0.492 e. The Morgan fingerprint density at radius 2 is 2.04 bits per heavy atom. The average Bonchev–Trinajstić information content (AvgIpc) is 2.99. The summed E-state index contributed by atoms with van der Waals surface area (Å²) < 4.78 is 42.5.